The highest BCUT2D eigenvalue weighted by Crippen LogP contribution is 2.41. The molecule has 1 aromatic rings. The Morgan fingerprint density at radius 1 is 1.30 bits per heavy atom. The molecule has 2 aliphatic heterocycles. The largest absolute Gasteiger partial charge is 0.381 e. The number of piperidine rings is 1. The molecule has 0 spiro atoms. The lowest BCUT2D eigenvalue weighted by molar-refractivity contribution is 0.0906. The van der Waals surface area contributed by atoms with Gasteiger partial charge < -0.3 is 15.0 Å². The molecule has 23 heavy (non-hydrogen) atoms. The van der Waals surface area contributed by atoms with Crippen LogP contribution in [0.1, 0.15) is 53.4 Å². The van der Waals surface area contributed by atoms with E-state index in [4.69, 9.17) is 4.74 Å². The van der Waals surface area contributed by atoms with Gasteiger partial charge >= 0.3 is 0 Å². The number of nitrogens with zero attached hydrogens (tertiary/aromatic N) is 2. The summed E-state index contributed by atoms with van der Waals surface area (Å²) in [6, 6.07) is 0.313. The Bertz CT molecular complexity index is 544. The number of aromatic nitrogens is 1. The molecule has 2 saturated heterocycles. The van der Waals surface area contributed by atoms with E-state index in [1.165, 1.54) is 30.6 Å². The van der Waals surface area contributed by atoms with Gasteiger partial charge in [0.2, 0.25) is 0 Å². The number of rotatable bonds is 5. The number of hydrogen-bond acceptors (Lipinski definition) is 5. The first kappa shape index (κ1) is 15.5. The predicted octanol–water partition coefficient (Wildman–Crippen LogP) is 2.25. The first-order valence-electron chi connectivity index (χ1n) is 8.84. The van der Waals surface area contributed by atoms with Gasteiger partial charge in [0.15, 0.2) is 0 Å². The van der Waals surface area contributed by atoms with Gasteiger partial charge in [0, 0.05) is 38.2 Å². The molecule has 0 bridgehead atoms. The highest BCUT2D eigenvalue weighted by Gasteiger charge is 2.31. The molecule has 0 radical (unpaired) electrons. The fourth-order valence-electron chi connectivity index (χ4n) is 3.68. The normalized spacial score (nSPS) is 26.5. The summed E-state index contributed by atoms with van der Waals surface area (Å²) >= 11 is 1.49. The zero-order valence-corrected chi connectivity index (χ0v) is 14.3. The first-order valence-corrected chi connectivity index (χ1v) is 9.72. The molecule has 1 amide bonds. The molecule has 1 N–H and O–H groups in total. The molecule has 0 aromatic carbocycles. The highest BCUT2D eigenvalue weighted by atomic mass is 32.1. The molecule has 5 nitrogen and oxygen atoms in total. The third-order valence-electron chi connectivity index (χ3n) is 5.23. The van der Waals surface area contributed by atoms with Crippen LogP contribution in [0, 0.1) is 5.92 Å². The summed E-state index contributed by atoms with van der Waals surface area (Å²) in [6.45, 7) is 5.17. The Balaban J connectivity index is 1.25. The van der Waals surface area contributed by atoms with Crippen molar-refractivity contribution in [1.29, 1.82) is 0 Å². The maximum atomic E-state index is 12.5. The van der Waals surface area contributed by atoms with Gasteiger partial charge in [-0.2, -0.15) is 0 Å². The minimum atomic E-state index is 0.0945. The Morgan fingerprint density at radius 3 is 2.83 bits per heavy atom. The van der Waals surface area contributed by atoms with Crippen molar-refractivity contribution in [3.05, 3.63) is 16.1 Å². The molecule has 6 heteroatoms. The number of ether oxygens (including phenoxy) is 1. The number of likely N-dealkylation sites (tertiary alicyclic amines) is 1. The number of amides is 1. The summed E-state index contributed by atoms with van der Waals surface area (Å²) in [4.78, 5) is 20.3. The van der Waals surface area contributed by atoms with Gasteiger partial charge in [0.1, 0.15) is 4.88 Å². The van der Waals surface area contributed by atoms with Crippen molar-refractivity contribution in [2.24, 2.45) is 5.92 Å². The van der Waals surface area contributed by atoms with Crippen LogP contribution >= 0.6 is 11.3 Å². The van der Waals surface area contributed by atoms with E-state index in [9.17, 15) is 4.79 Å². The van der Waals surface area contributed by atoms with Crippen LogP contribution < -0.4 is 5.32 Å². The SMILES string of the molecule is O=C(NC1CCN(C[C@@H]2CCOC2)CC1)c1scnc1C1CC1. The topological polar surface area (TPSA) is 54.5 Å². The lowest BCUT2D eigenvalue weighted by atomic mass is 10.0. The van der Waals surface area contributed by atoms with Crippen LogP contribution in [0.3, 0.4) is 0 Å². The van der Waals surface area contributed by atoms with Crippen molar-refractivity contribution in [3.63, 3.8) is 0 Å². The maximum absolute atomic E-state index is 12.5. The van der Waals surface area contributed by atoms with E-state index in [1.807, 2.05) is 5.51 Å². The summed E-state index contributed by atoms with van der Waals surface area (Å²) in [5, 5.41) is 3.24. The van der Waals surface area contributed by atoms with Gasteiger partial charge in [-0.3, -0.25) is 4.79 Å². The van der Waals surface area contributed by atoms with Gasteiger partial charge in [0.25, 0.3) is 5.91 Å². The molecule has 126 valence electrons. The Kier molecular flexibility index (Phi) is 4.64. The fourth-order valence-corrected chi connectivity index (χ4v) is 4.45. The quantitative estimate of drug-likeness (QED) is 0.897. The number of thiazole rings is 1. The minimum Gasteiger partial charge on any atom is -0.381 e. The number of carbonyl (C=O) groups is 1. The van der Waals surface area contributed by atoms with Crippen molar-refractivity contribution in [3.8, 4) is 0 Å². The van der Waals surface area contributed by atoms with Gasteiger partial charge in [-0.15, -0.1) is 11.3 Å². The van der Waals surface area contributed by atoms with Crippen LogP contribution in [0.15, 0.2) is 5.51 Å². The second-order valence-corrected chi connectivity index (χ2v) is 7.97. The maximum Gasteiger partial charge on any atom is 0.263 e. The van der Waals surface area contributed by atoms with E-state index in [0.29, 0.717) is 17.9 Å². The summed E-state index contributed by atoms with van der Waals surface area (Å²) in [6.07, 6.45) is 5.68. The van der Waals surface area contributed by atoms with E-state index in [-0.39, 0.29) is 5.91 Å². The molecule has 1 aromatic heterocycles. The molecule has 0 unspecified atom stereocenters. The lowest BCUT2D eigenvalue weighted by Crippen LogP contribution is -2.45. The summed E-state index contributed by atoms with van der Waals surface area (Å²) < 4.78 is 5.46. The predicted molar refractivity (Wildman–Crippen MR) is 89.9 cm³/mol. The van der Waals surface area contributed by atoms with Crippen molar-refractivity contribution in [2.45, 2.75) is 44.1 Å². The number of hydrogen-bond donors (Lipinski definition) is 1. The Morgan fingerprint density at radius 2 is 2.13 bits per heavy atom. The molecule has 1 atom stereocenters. The molecule has 4 rings (SSSR count). The standard InChI is InChI=1S/C17H25N3O2S/c21-17(16-15(13-1-2-13)18-11-23-16)19-14-3-6-20(7-4-14)9-12-5-8-22-10-12/h11-14H,1-10H2,(H,19,21)/t12-/m0/s1. The number of nitrogens with one attached hydrogen (secondary N) is 1. The monoisotopic (exact) mass is 335 g/mol. The van der Waals surface area contributed by atoms with Gasteiger partial charge in [-0.05, 0) is 38.0 Å². The van der Waals surface area contributed by atoms with Crippen molar-refractivity contribution in [1.82, 2.24) is 15.2 Å². The molecular weight excluding hydrogens is 310 g/mol. The van der Waals surface area contributed by atoms with E-state index >= 15 is 0 Å². The Hall–Kier alpha value is -0.980. The van der Waals surface area contributed by atoms with Crippen LogP contribution in [0.4, 0.5) is 0 Å². The van der Waals surface area contributed by atoms with Crippen molar-refractivity contribution in [2.75, 3.05) is 32.8 Å². The van der Waals surface area contributed by atoms with Gasteiger partial charge in [-0.1, -0.05) is 0 Å². The molecule has 3 aliphatic rings. The fraction of sp³-hybridized carbons (Fsp3) is 0.765. The van der Waals surface area contributed by atoms with Crippen LogP contribution in [0.25, 0.3) is 0 Å². The highest BCUT2D eigenvalue weighted by molar-refractivity contribution is 7.11. The van der Waals surface area contributed by atoms with Crippen LogP contribution in [0.5, 0.6) is 0 Å². The van der Waals surface area contributed by atoms with Crippen LogP contribution in [0.2, 0.25) is 0 Å². The third kappa shape index (κ3) is 3.75. The average molecular weight is 335 g/mol. The summed E-state index contributed by atoms with van der Waals surface area (Å²) in [5.41, 5.74) is 2.85. The van der Waals surface area contributed by atoms with E-state index in [1.54, 1.807) is 0 Å². The van der Waals surface area contributed by atoms with E-state index in [2.05, 4.69) is 15.2 Å². The van der Waals surface area contributed by atoms with E-state index < -0.39 is 0 Å². The third-order valence-corrected chi connectivity index (χ3v) is 6.07. The van der Waals surface area contributed by atoms with Crippen LogP contribution in [-0.4, -0.2) is 54.7 Å². The molecule has 3 heterocycles. The van der Waals surface area contributed by atoms with Crippen molar-refractivity contribution >= 4 is 17.2 Å². The molecule has 1 saturated carbocycles. The smallest absolute Gasteiger partial charge is 0.263 e. The molecule has 3 fully saturated rings. The second-order valence-electron chi connectivity index (χ2n) is 7.12. The Labute approximate surface area is 141 Å². The summed E-state index contributed by atoms with van der Waals surface area (Å²) in [5.74, 6) is 1.34. The van der Waals surface area contributed by atoms with Gasteiger partial charge in [-0.25, -0.2) is 4.98 Å². The zero-order chi connectivity index (χ0) is 15.6. The first-order chi connectivity index (χ1) is 11.3. The second kappa shape index (κ2) is 6.87. The average Bonchev–Trinajstić information content (AvgIpc) is 3.07. The van der Waals surface area contributed by atoms with Gasteiger partial charge in [0.05, 0.1) is 17.8 Å². The lowest BCUT2D eigenvalue weighted by Gasteiger charge is -2.33. The summed E-state index contributed by atoms with van der Waals surface area (Å²) in [7, 11) is 0. The van der Waals surface area contributed by atoms with Crippen LogP contribution in [-0.2, 0) is 4.74 Å². The van der Waals surface area contributed by atoms with Crippen molar-refractivity contribution < 1.29 is 9.53 Å². The minimum absolute atomic E-state index is 0.0945. The molecule has 1 aliphatic carbocycles. The number of carbonyl (C=O) groups excluding carboxylic acids is 1. The molecular formula is C17H25N3O2S. The zero-order valence-electron chi connectivity index (χ0n) is 13.5. The van der Waals surface area contributed by atoms with E-state index in [0.717, 1.165) is 56.3 Å².